The first-order valence-corrected chi connectivity index (χ1v) is 5.16. The molecule has 0 atom stereocenters. The number of hydrazine groups is 1. The van der Waals surface area contributed by atoms with Crippen LogP contribution in [-0.2, 0) is 0 Å². The summed E-state index contributed by atoms with van der Waals surface area (Å²) in [5.41, 5.74) is 4.00. The van der Waals surface area contributed by atoms with E-state index in [1.54, 1.807) is 26.4 Å². The summed E-state index contributed by atoms with van der Waals surface area (Å²) in [6, 6.07) is 5.50. The van der Waals surface area contributed by atoms with E-state index in [2.05, 4.69) is 10.4 Å². The number of hydrogen-bond acceptors (Lipinski definition) is 6. The van der Waals surface area contributed by atoms with Crippen LogP contribution in [-0.4, -0.2) is 19.2 Å². The second-order valence-corrected chi connectivity index (χ2v) is 3.53. The van der Waals surface area contributed by atoms with E-state index in [1.807, 2.05) is 6.07 Å². The van der Waals surface area contributed by atoms with Crippen LogP contribution in [0.3, 0.4) is 0 Å². The van der Waals surface area contributed by atoms with E-state index in [4.69, 9.17) is 20.6 Å². The highest BCUT2D eigenvalue weighted by molar-refractivity contribution is 5.98. The number of hydrogen-bond donors (Lipinski definition) is 2. The molecule has 0 bridgehead atoms. The Morgan fingerprint density at radius 1 is 1.33 bits per heavy atom. The average Bonchev–Trinajstić information content (AvgIpc) is 2.44. The topological polar surface area (TPSA) is 93.2 Å². The van der Waals surface area contributed by atoms with Crippen LogP contribution in [0.25, 0.3) is 10.9 Å². The number of anilines is 1. The van der Waals surface area contributed by atoms with Crippen LogP contribution in [0.2, 0.25) is 0 Å². The van der Waals surface area contributed by atoms with Gasteiger partial charge in [-0.25, -0.2) is 0 Å². The van der Waals surface area contributed by atoms with Crippen molar-refractivity contribution in [3.63, 3.8) is 0 Å². The molecule has 0 aliphatic heterocycles. The number of pyridine rings is 1. The van der Waals surface area contributed by atoms with Crippen LogP contribution in [0, 0.1) is 11.3 Å². The summed E-state index contributed by atoms with van der Waals surface area (Å²) < 4.78 is 10.4. The van der Waals surface area contributed by atoms with Crippen LogP contribution < -0.4 is 20.7 Å². The third-order valence-electron chi connectivity index (χ3n) is 2.63. The standard InChI is InChI=1S/C12H12N4O2/c1-17-8-3-9-11(16-14)7(5-13)6-15-12(9)10(4-8)18-2/h3-4,6H,14H2,1-2H3,(H,15,16). The lowest BCUT2D eigenvalue weighted by molar-refractivity contribution is 0.397. The van der Waals surface area contributed by atoms with Crippen LogP contribution in [0.1, 0.15) is 5.56 Å². The molecule has 0 spiro atoms. The summed E-state index contributed by atoms with van der Waals surface area (Å²) in [7, 11) is 3.10. The number of fused-ring (bicyclic) bond motifs is 1. The minimum atomic E-state index is 0.361. The molecule has 0 fully saturated rings. The Morgan fingerprint density at radius 3 is 2.67 bits per heavy atom. The Balaban J connectivity index is 2.87. The van der Waals surface area contributed by atoms with Gasteiger partial charge in [-0.1, -0.05) is 0 Å². The van der Waals surface area contributed by atoms with Gasteiger partial charge in [-0.3, -0.25) is 10.8 Å². The van der Waals surface area contributed by atoms with Crippen molar-refractivity contribution in [3.8, 4) is 17.6 Å². The molecule has 0 amide bonds. The SMILES string of the molecule is COc1cc(OC)c2ncc(C#N)c(NN)c2c1. The van der Waals surface area contributed by atoms with Crippen molar-refractivity contribution in [2.75, 3.05) is 19.6 Å². The van der Waals surface area contributed by atoms with Crippen molar-refractivity contribution in [1.29, 1.82) is 5.26 Å². The second kappa shape index (κ2) is 4.77. The minimum absolute atomic E-state index is 0.361. The monoisotopic (exact) mass is 244 g/mol. The molecule has 1 aromatic heterocycles. The lowest BCUT2D eigenvalue weighted by Crippen LogP contribution is -2.09. The number of ether oxygens (including phenoxy) is 2. The third-order valence-corrected chi connectivity index (χ3v) is 2.63. The van der Waals surface area contributed by atoms with Crippen molar-refractivity contribution in [2.24, 2.45) is 5.84 Å². The average molecular weight is 244 g/mol. The van der Waals surface area contributed by atoms with Gasteiger partial charge in [0.1, 0.15) is 23.1 Å². The normalized spacial score (nSPS) is 9.89. The molecule has 3 N–H and O–H groups in total. The first kappa shape index (κ1) is 12.0. The Morgan fingerprint density at radius 2 is 2.11 bits per heavy atom. The van der Waals surface area contributed by atoms with Gasteiger partial charge in [0.15, 0.2) is 0 Å². The van der Waals surface area contributed by atoms with E-state index < -0.39 is 0 Å². The van der Waals surface area contributed by atoms with Gasteiger partial charge < -0.3 is 14.9 Å². The van der Waals surface area contributed by atoms with Gasteiger partial charge in [0.2, 0.25) is 0 Å². The lowest BCUT2D eigenvalue weighted by atomic mass is 10.1. The Labute approximate surface area is 104 Å². The predicted octanol–water partition coefficient (Wildman–Crippen LogP) is 1.41. The number of nitriles is 1. The van der Waals surface area contributed by atoms with Gasteiger partial charge >= 0.3 is 0 Å². The fourth-order valence-corrected chi connectivity index (χ4v) is 1.76. The second-order valence-electron chi connectivity index (χ2n) is 3.53. The molecule has 0 aliphatic carbocycles. The number of rotatable bonds is 3. The highest BCUT2D eigenvalue weighted by Crippen LogP contribution is 2.34. The number of methoxy groups -OCH3 is 2. The molecular weight excluding hydrogens is 232 g/mol. The van der Waals surface area contributed by atoms with Gasteiger partial charge in [-0.2, -0.15) is 5.26 Å². The first-order chi connectivity index (χ1) is 8.74. The molecule has 6 nitrogen and oxygen atoms in total. The van der Waals surface area contributed by atoms with Gasteiger partial charge in [-0.15, -0.1) is 0 Å². The molecule has 0 aliphatic rings. The third kappa shape index (κ3) is 1.77. The van der Waals surface area contributed by atoms with E-state index in [0.717, 1.165) is 0 Å². The summed E-state index contributed by atoms with van der Waals surface area (Å²) in [5.74, 6) is 6.63. The molecule has 1 aromatic carbocycles. The van der Waals surface area contributed by atoms with Crippen LogP contribution in [0.5, 0.6) is 11.5 Å². The zero-order valence-electron chi connectivity index (χ0n) is 10.0. The number of aromatic nitrogens is 1. The molecule has 0 radical (unpaired) electrons. The van der Waals surface area contributed by atoms with E-state index in [1.165, 1.54) is 6.20 Å². The van der Waals surface area contributed by atoms with Gasteiger partial charge in [0, 0.05) is 17.6 Å². The lowest BCUT2D eigenvalue weighted by Gasteiger charge is -2.12. The number of nitrogen functional groups attached to an aromatic ring is 1. The molecule has 92 valence electrons. The maximum atomic E-state index is 9.01. The molecule has 0 unspecified atom stereocenters. The fraction of sp³-hybridized carbons (Fsp3) is 0.167. The van der Waals surface area contributed by atoms with Crippen LogP contribution >= 0.6 is 0 Å². The Hall–Kier alpha value is -2.52. The van der Waals surface area contributed by atoms with Crippen molar-refractivity contribution in [2.45, 2.75) is 0 Å². The van der Waals surface area contributed by atoms with E-state index >= 15 is 0 Å². The molecule has 6 heteroatoms. The number of nitrogens with zero attached hydrogens (tertiary/aromatic N) is 2. The first-order valence-electron chi connectivity index (χ1n) is 5.16. The van der Waals surface area contributed by atoms with Crippen LogP contribution in [0.4, 0.5) is 5.69 Å². The Bertz CT molecular complexity index is 634. The summed E-state index contributed by atoms with van der Waals surface area (Å²) in [6.45, 7) is 0. The molecule has 1 heterocycles. The summed E-state index contributed by atoms with van der Waals surface area (Å²) in [4.78, 5) is 4.21. The highest BCUT2D eigenvalue weighted by Gasteiger charge is 2.13. The summed E-state index contributed by atoms with van der Waals surface area (Å²) in [5, 5.41) is 9.69. The van der Waals surface area contributed by atoms with Crippen molar-refractivity contribution >= 4 is 16.6 Å². The highest BCUT2D eigenvalue weighted by atomic mass is 16.5. The molecular formula is C12H12N4O2. The van der Waals surface area contributed by atoms with E-state index in [9.17, 15) is 0 Å². The fourth-order valence-electron chi connectivity index (χ4n) is 1.76. The maximum absolute atomic E-state index is 9.01. The number of nitrogens with two attached hydrogens (primary N) is 1. The zero-order chi connectivity index (χ0) is 13.1. The smallest absolute Gasteiger partial charge is 0.148 e. The van der Waals surface area contributed by atoms with Crippen molar-refractivity contribution in [1.82, 2.24) is 4.98 Å². The van der Waals surface area contributed by atoms with Crippen molar-refractivity contribution < 1.29 is 9.47 Å². The van der Waals surface area contributed by atoms with Gasteiger partial charge in [0.25, 0.3) is 0 Å². The number of benzene rings is 1. The molecule has 18 heavy (non-hydrogen) atoms. The number of nitrogens with one attached hydrogen (secondary N) is 1. The molecule has 2 aromatic rings. The minimum Gasteiger partial charge on any atom is -0.497 e. The van der Waals surface area contributed by atoms with Crippen molar-refractivity contribution in [3.05, 3.63) is 23.9 Å². The summed E-state index contributed by atoms with van der Waals surface area (Å²) >= 11 is 0. The molecule has 0 saturated carbocycles. The quantitative estimate of drug-likeness (QED) is 0.626. The molecule has 2 rings (SSSR count). The predicted molar refractivity (Wildman–Crippen MR) is 67.4 cm³/mol. The van der Waals surface area contributed by atoms with Crippen LogP contribution in [0.15, 0.2) is 18.3 Å². The largest absolute Gasteiger partial charge is 0.497 e. The zero-order valence-corrected chi connectivity index (χ0v) is 10.0. The summed E-state index contributed by atoms with van der Waals surface area (Å²) in [6.07, 6.45) is 1.45. The van der Waals surface area contributed by atoms with E-state index in [0.29, 0.717) is 33.7 Å². The molecule has 0 saturated heterocycles. The van der Waals surface area contributed by atoms with Gasteiger partial charge in [0.05, 0.1) is 25.5 Å². The van der Waals surface area contributed by atoms with Gasteiger partial charge in [-0.05, 0) is 6.07 Å². The Kier molecular flexibility index (Phi) is 3.17. The van der Waals surface area contributed by atoms with E-state index in [-0.39, 0.29) is 0 Å². The maximum Gasteiger partial charge on any atom is 0.148 e.